The number of nitrogens with zero attached hydrogens (tertiary/aromatic N) is 5. The van der Waals surface area contributed by atoms with Gasteiger partial charge in [0.25, 0.3) is 0 Å². The third kappa shape index (κ3) is 7.65. The molecule has 0 aliphatic carbocycles. The molecule has 0 spiro atoms. The maximum Gasteiger partial charge on any atom is 0.135 e. The molecule has 5 aromatic carbocycles. The Kier molecular flexibility index (Phi) is 11.2. The van der Waals surface area contributed by atoms with Crippen LogP contribution in [0.1, 0.15) is 93.7 Å². The summed E-state index contributed by atoms with van der Waals surface area (Å²) in [5.74, 6) is 3.43. The maximum atomic E-state index is 6.61. The van der Waals surface area contributed by atoms with E-state index in [0.717, 1.165) is 44.8 Å². The van der Waals surface area contributed by atoms with Crippen LogP contribution >= 0.6 is 0 Å². The Morgan fingerprint density at radius 1 is 0.672 bits per heavy atom. The first-order chi connectivity index (χ1) is 28.8. The zero-order valence-corrected chi connectivity index (χ0v) is 38.9. The van der Waals surface area contributed by atoms with Gasteiger partial charge < -0.3 is 19.1 Å². The number of para-hydroxylation sites is 1. The summed E-state index contributed by atoms with van der Waals surface area (Å²) in [4.78, 5) is 14.2. The summed E-state index contributed by atoms with van der Waals surface area (Å²) in [6.07, 6.45) is 3.76. The second kappa shape index (κ2) is 16.3. The second-order valence-electron chi connectivity index (χ2n) is 17.9. The fraction of sp³-hybridized carbons (Fsp3) is 0.241. The number of benzene rings is 5. The number of pyridine rings is 2. The molecule has 9 rings (SSSR count). The van der Waals surface area contributed by atoms with Crippen LogP contribution in [-0.2, 0) is 26.5 Å². The van der Waals surface area contributed by atoms with Crippen LogP contribution in [0.15, 0.2) is 116 Å². The molecule has 0 fully saturated rings. The van der Waals surface area contributed by atoms with E-state index in [4.69, 9.17) is 14.7 Å². The van der Waals surface area contributed by atoms with E-state index in [1.807, 2.05) is 36.7 Å². The Balaban J connectivity index is 0.00000514. The predicted molar refractivity (Wildman–Crippen MR) is 249 cm³/mol. The first kappa shape index (κ1) is 42.0. The van der Waals surface area contributed by atoms with Crippen molar-refractivity contribution >= 4 is 44.7 Å². The van der Waals surface area contributed by atoms with E-state index in [-0.39, 0.29) is 38.3 Å². The topological polar surface area (TPSA) is 46.4 Å². The van der Waals surface area contributed by atoms with Gasteiger partial charge in [-0.05, 0) is 125 Å². The van der Waals surface area contributed by atoms with Gasteiger partial charge in [-0.15, -0.1) is 42.4 Å². The zero-order chi connectivity index (χ0) is 42.0. The molecule has 6 nitrogen and oxygen atoms in total. The molecule has 0 unspecified atom stereocenters. The molecule has 312 valence electrons. The summed E-state index contributed by atoms with van der Waals surface area (Å²) >= 11 is 0. The van der Waals surface area contributed by atoms with Gasteiger partial charge in [0.05, 0.1) is 5.69 Å². The molecule has 3 aromatic heterocycles. The minimum absolute atomic E-state index is 0. The van der Waals surface area contributed by atoms with Crippen LogP contribution in [0, 0.1) is 39.6 Å². The molecule has 0 bridgehead atoms. The molecular formula is C54H52N5OPt-3. The van der Waals surface area contributed by atoms with Gasteiger partial charge in [-0.2, -0.15) is 12.1 Å². The first-order valence-corrected chi connectivity index (χ1v) is 21.0. The monoisotopic (exact) mass is 981 g/mol. The number of hydrogen-bond acceptors (Lipinski definition) is 5. The van der Waals surface area contributed by atoms with Crippen molar-refractivity contribution < 1.29 is 25.8 Å². The van der Waals surface area contributed by atoms with Crippen LogP contribution in [0.2, 0.25) is 0 Å². The van der Waals surface area contributed by atoms with E-state index in [2.05, 4.69) is 181 Å². The summed E-state index contributed by atoms with van der Waals surface area (Å²) in [5, 5.41) is 2.23. The number of anilines is 4. The number of aryl methyl sites for hydroxylation is 3. The van der Waals surface area contributed by atoms with Crippen LogP contribution in [0.4, 0.5) is 22.9 Å². The average molecular weight is 982 g/mol. The van der Waals surface area contributed by atoms with Crippen LogP contribution in [0.5, 0.6) is 11.5 Å². The quantitative estimate of drug-likeness (QED) is 0.142. The fourth-order valence-corrected chi connectivity index (χ4v) is 8.90. The molecule has 7 heteroatoms. The van der Waals surface area contributed by atoms with Crippen molar-refractivity contribution in [2.45, 2.75) is 86.5 Å². The van der Waals surface area contributed by atoms with Crippen molar-refractivity contribution in [2.24, 2.45) is 0 Å². The molecule has 0 N–H and O–H groups in total. The molecule has 0 atom stereocenters. The Morgan fingerprint density at radius 2 is 1.38 bits per heavy atom. The minimum atomic E-state index is -0.0206. The van der Waals surface area contributed by atoms with E-state index in [9.17, 15) is 0 Å². The fourth-order valence-electron chi connectivity index (χ4n) is 8.90. The Labute approximate surface area is 375 Å². The molecular weight excluding hydrogens is 930 g/mol. The average Bonchev–Trinajstić information content (AvgIpc) is 3.76. The number of aromatic nitrogens is 3. The minimum Gasteiger partial charge on any atom is -0.509 e. The SMILES string of the molecule is Cc1cc(C)c(-c2cc(C(C)C)c(N3[CH-]N(c4[c-]c(Oc5[c-]c6c(cc5)c5ccccc5n6-c5cc(C(C)(C)C)ccn5)ccc4)c4ncccc43)c(C(C)C)c2)c(C)c1.[Pt]. The van der Waals surface area contributed by atoms with Crippen molar-refractivity contribution in [3.8, 4) is 28.4 Å². The molecule has 0 saturated carbocycles. The summed E-state index contributed by atoms with van der Waals surface area (Å²) in [6.45, 7) is 24.7. The molecule has 1 aliphatic rings. The summed E-state index contributed by atoms with van der Waals surface area (Å²) in [5.41, 5.74) is 15.3. The number of fused-ring (bicyclic) bond motifs is 4. The predicted octanol–water partition coefficient (Wildman–Crippen LogP) is 14.5. The van der Waals surface area contributed by atoms with Gasteiger partial charge in [0.1, 0.15) is 11.6 Å². The molecule has 0 saturated heterocycles. The zero-order valence-electron chi connectivity index (χ0n) is 36.7. The summed E-state index contributed by atoms with van der Waals surface area (Å²) in [6, 6.07) is 43.6. The van der Waals surface area contributed by atoms with E-state index in [0.29, 0.717) is 11.5 Å². The third-order valence-corrected chi connectivity index (χ3v) is 11.7. The largest absolute Gasteiger partial charge is 0.509 e. The summed E-state index contributed by atoms with van der Waals surface area (Å²) in [7, 11) is 0. The molecule has 0 radical (unpaired) electrons. The summed E-state index contributed by atoms with van der Waals surface area (Å²) < 4.78 is 8.80. The third-order valence-electron chi connectivity index (χ3n) is 11.7. The van der Waals surface area contributed by atoms with Crippen molar-refractivity contribution in [1.82, 2.24) is 14.5 Å². The van der Waals surface area contributed by atoms with E-state index in [1.165, 1.54) is 50.2 Å². The molecule has 1 aliphatic heterocycles. The standard InChI is InChI=1S/C54H52N5O.Pt/c1-33(2)45-27-38(51-36(6)25-35(5)26-37(51)7)28-46(34(3)4)52(45)58-32-57(53-48(58)19-14-23-56-53)40-15-13-16-41(30-40)60-42-20-21-44-43-17-11-12-18-47(43)59(49(44)31-42)50-29-39(22-24-55-50)54(8,9)10;/h11-29,32-34H,1-10H3;/q-3;. The molecule has 61 heavy (non-hydrogen) atoms. The van der Waals surface area contributed by atoms with Crippen LogP contribution in [0.25, 0.3) is 38.8 Å². The number of ether oxygens (including phenoxy) is 1. The number of rotatable bonds is 8. The van der Waals surface area contributed by atoms with Gasteiger partial charge in [0.15, 0.2) is 0 Å². The van der Waals surface area contributed by atoms with Crippen LogP contribution in [-0.4, -0.2) is 14.5 Å². The van der Waals surface area contributed by atoms with Crippen molar-refractivity contribution in [1.29, 1.82) is 0 Å². The molecule has 4 heterocycles. The van der Waals surface area contributed by atoms with Gasteiger partial charge in [0.2, 0.25) is 0 Å². The van der Waals surface area contributed by atoms with Crippen LogP contribution in [0.3, 0.4) is 0 Å². The Hall–Kier alpha value is -5.71. The van der Waals surface area contributed by atoms with Gasteiger partial charge in [-0.25, -0.2) is 9.97 Å². The maximum absolute atomic E-state index is 6.61. The van der Waals surface area contributed by atoms with Gasteiger partial charge in [-0.3, -0.25) is 0 Å². The first-order valence-electron chi connectivity index (χ1n) is 21.0. The van der Waals surface area contributed by atoms with Crippen molar-refractivity contribution in [3.63, 3.8) is 0 Å². The van der Waals surface area contributed by atoms with Crippen molar-refractivity contribution in [2.75, 3.05) is 9.80 Å². The second-order valence-corrected chi connectivity index (χ2v) is 17.9. The van der Waals surface area contributed by atoms with Crippen LogP contribution < -0.4 is 14.5 Å². The van der Waals surface area contributed by atoms with Gasteiger partial charge in [-0.1, -0.05) is 95.6 Å². The van der Waals surface area contributed by atoms with E-state index >= 15 is 0 Å². The smallest absolute Gasteiger partial charge is 0.135 e. The van der Waals surface area contributed by atoms with Gasteiger partial charge in [0, 0.05) is 56.2 Å². The van der Waals surface area contributed by atoms with E-state index < -0.39 is 0 Å². The number of hydrogen-bond donors (Lipinski definition) is 0. The normalized spacial score (nSPS) is 12.8. The Morgan fingerprint density at radius 3 is 2.08 bits per heavy atom. The Bertz CT molecular complexity index is 2890. The van der Waals surface area contributed by atoms with E-state index in [1.54, 1.807) is 0 Å². The molecule has 8 aromatic rings. The van der Waals surface area contributed by atoms with Crippen molar-refractivity contribution in [3.05, 3.63) is 168 Å². The molecule has 0 amide bonds. The van der Waals surface area contributed by atoms with Gasteiger partial charge >= 0.3 is 0 Å².